The molecule has 8 heteroatoms. The summed E-state index contributed by atoms with van der Waals surface area (Å²) in [6.45, 7) is 6.88. The summed E-state index contributed by atoms with van der Waals surface area (Å²) in [5.74, 6) is -0.124. The Morgan fingerprint density at radius 3 is 2.00 bits per heavy atom. The fraction of sp³-hybridized carbons (Fsp3) is 0.625. The van der Waals surface area contributed by atoms with Crippen molar-refractivity contribution in [2.75, 3.05) is 39.4 Å². The van der Waals surface area contributed by atoms with Gasteiger partial charge in [0.1, 0.15) is 13.2 Å². The lowest BCUT2D eigenvalue weighted by Gasteiger charge is -2.14. The number of esters is 1. The van der Waals surface area contributed by atoms with Crippen molar-refractivity contribution >= 4 is 24.3 Å². The van der Waals surface area contributed by atoms with Crippen molar-refractivity contribution in [3.63, 3.8) is 0 Å². The number of nitrogens with zero attached hydrogens (tertiary/aromatic N) is 2. The third-order valence-electron chi connectivity index (χ3n) is 3.66. The molecule has 24 heavy (non-hydrogen) atoms. The van der Waals surface area contributed by atoms with Gasteiger partial charge >= 0.3 is 5.97 Å². The van der Waals surface area contributed by atoms with Gasteiger partial charge in [0, 0.05) is 32.0 Å². The van der Waals surface area contributed by atoms with E-state index in [1.54, 1.807) is 9.80 Å². The third kappa shape index (κ3) is 7.26. The Kier molecular flexibility index (Phi) is 9.18. The fourth-order valence-electron chi connectivity index (χ4n) is 2.41. The van der Waals surface area contributed by atoms with E-state index in [0.29, 0.717) is 39.0 Å². The highest BCUT2D eigenvalue weighted by atomic mass is 16.5. The smallest absolute Gasteiger partial charge is 0.330 e. The Bertz CT molecular complexity index is 465. The number of carbonyl (C=O) groups excluding carboxylic acids is 4. The zero-order valence-corrected chi connectivity index (χ0v) is 13.8. The van der Waals surface area contributed by atoms with E-state index in [9.17, 15) is 19.2 Å². The summed E-state index contributed by atoms with van der Waals surface area (Å²) >= 11 is 0. The van der Waals surface area contributed by atoms with Gasteiger partial charge in [0.2, 0.25) is 11.8 Å². The number of rotatable bonds is 8. The average Bonchev–Trinajstić information content (AvgIpc) is 3.17. The first-order chi connectivity index (χ1) is 11.6. The van der Waals surface area contributed by atoms with Crippen molar-refractivity contribution in [1.82, 2.24) is 9.80 Å². The fourth-order valence-corrected chi connectivity index (χ4v) is 2.41. The van der Waals surface area contributed by atoms with Crippen molar-refractivity contribution in [2.45, 2.75) is 25.7 Å². The van der Waals surface area contributed by atoms with Crippen LogP contribution in [-0.4, -0.2) is 73.4 Å². The Morgan fingerprint density at radius 2 is 1.58 bits per heavy atom. The molecule has 0 aliphatic carbocycles. The summed E-state index contributed by atoms with van der Waals surface area (Å²) in [4.78, 5) is 45.8. The number of amides is 2. The van der Waals surface area contributed by atoms with Gasteiger partial charge in [-0.2, -0.15) is 0 Å². The molecule has 0 atom stereocenters. The van der Waals surface area contributed by atoms with Crippen LogP contribution in [-0.2, 0) is 28.7 Å². The van der Waals surface area contributed by atoms with E-state index < -0.39 is 5.97 Å². The van der Waals surface area contributed by atoms with E-state index in [1.807, 2.05) is 0 Å². The molecule has 0 aromatic carbocycles. The SMILES string of the molecule is C=CC(=O)OCCN1CCCC1=O.O=COCCN1CCCC1=O. The van der Waals surface area contributed by atoms with Crippen LogP contribution in [0.2, 0.25) is 0 Å². The van der Waals surface area contributed by atoms with Gasteiger partial charge in [0.25, 0.3) is 6.47 Å². The van der Waals surface area contributed by atoms with E-state index in [2.05, 4.69) is 11.3 Å². The largest absolute Gasteiger partial charge is 0.466 e. The van der Waals surface area contributed by atoms with E-state index in [0.717, 1.165) is 32.0 Å². The summed E-state index contributed by atoms with van der Waals surface area (Å²) in [5, 5.41) is 0. The van der Waals surface area contributed by atoms with Crippen molar-refractivity contribution in [3.05, 3.63) is 12.7 Å². The van der Waals surface area contributed by atoms with Crippen LogP contribution >= 0.6 is 0 Å². The molecule has 0 spiro atoms. The molecule has 0 aromatic heterocycles. The van der Waals surface area contributed by atoms with Crippen LogP contribution in [0, 0.1) is 0 Å². The first kappa shape index (κ1) is 19.7. The molecule has 2 rings (SSSR count). The zero-order chi connectivity index (χ0) is 17.8. The van der Waals surface area contributed by atoms with Crippen LogP contribution < -0.4 is 0 Å². The number of ether oxygens (including phenoxy) is 2. The van der Waals surface area contributed by atoms with E-state index >= 15 is 0 Å². The molecule has 0 aromatic rings. The molecule has 2 heterocycles. The highest BCUT2D eigenvalue weighted by molar-refractivity contribution is 5.81. The monoisotopic (exact) mass is 340 g/mol. The van der Waals surface area contributed by atoms with Crippen LogP contribution in [0.25, 0.3) is 0 Å². The number of likely N-dealkylation sites (tertiary alicyclic amines) is 2. The van der Waals surface area contributed by atoms with Gasteiger partial charge in [-0.3, -0.25) is 14.4 Å². The first-order valence-corrected chi connectivity index (χ1v) is 7.98. The lowest BCUT2D eigenvalue weighted by molar-refractivity contribution is -0.140. The highest BCUT2D eigenvalue weighted by Crippen LogP contribution is 2.08. The molecule has 0 N–H and O–H groups in total. The van der Waals surface area contributed by atoms with Gasteiger partial charge in [-0.25, -0.2) is 4.79 Å². The molecule has 0 radical (unpaired) electrons. The summed E-state index contributed by atoms with van der Waals surface area (Å²) in [7, 11) is 0. The van der Waals surface area contributed by atoms with Crippen LogP contribution in [0.4, 0.5) is 0 Å². The Hall–Kier alpha value is -2.38. The van der Waals surface area contributed by atoms with Crippen molar-refractivity contribution in [1.29, 1.82) is 0 Å². The van der Waals surface area contributed by atoms with Crippen LogP contribution in [0.3, 0.4) is 0 Å². The molecule has 0 saturated carbocycles. The van der Waals surface area contributed by atoms with Crippen molar-refractivity contribution in [3.8, 4) is 0 Å². The van der Waals surface area contributed by atoms with E-state index in [4.69, 9.17) is 4.74 Å². The van der Waals surface area contributed by atoms with Crippen molar-refractivity contribution in [2.24, 2.45) is 0 Å². The second-order valence-corrected chi connectivity index (χ2v) is 5.31. The molecular formula is C16H24N2O6. The standard InChI is InChI=1S/C9H13NO3.C7H11NO3/c1-2-9(12)13-7-6-10-5-3-4-8(10)11;9-6-11-5-4-8-3-1-2-7(8)10/h2H,1,3-7H2;6H,1-5H2. The molecular weight excluding hydrogens is 316 g/mol. The van der Waals surface area contributed by atoms with Gasteiger partial charge in [0.05, 0.1) is 13.1 Å². The quantitative estimate of drug-likeness (QED) is 0.270. The lowest BCUT2D eigenvalue weighted by atomic mass is 10.4. The molecule has 2 aliphatic rings. The van der Waals surface area contributed by atoms with Crippen LogP contribution in [0.5, 0.6) is 0 Å². The van der Waals surface area contributed by atoms with Gasteiger partial charge in [-0.1, -0.05) is 6.58 Å². The molecule has 0 unspecified atom stereocenters. The highest BCUT2D eigenvalue weighted by Gasteiger charge is 2.20. The molecule has 134 valence electrons. The minimum absolute atomic E-state index is 0.148. The Balaban J connectivity index is 0.000000243. The molecule has 0 bridgehead atoms. The second kappa shape index (κ2) is 11.2. The molecule has 2 saturated heterocycles. The van der Waals surface area contributed by atoms with Crippen LogP contribution in [0.15, 0.2) is 12.7 Å². The van der Waals surface area contributed by atoms with Gasteiger partial charge in [-0.15, -0.1) is 0 Å². The molecule has 8 nitrogen and oxygen atoms in total. The summed E-state index contributed by atoms with van der Waals surface area (Å²) in [6.07, 6.45) is 4.22. The maximum Gasteiger partial charge on any atom is 0.330 e. The molecule has 2 fully saturated rings. The van der Waals surface area contributed by atoms with Crippen LogP contribution in [0.1, 0.15) is 25.7 Å². The normalized spacial score (nSPS) is 16.5. The minimum Gasteiger partial charge on any atom is -0.466 e. The average molecular weight is 340 g/mol. The summed E-state index contributed by atoms with van der Waals surface area (Å²) in [6, 6.07) is 0. The van der Waals surface area contributed by atoms with E-state index in [1.165, 1.54) is 0 Å². The third-order valence-corrected chi connectivity index (χ3v) is 3.66. The number of hydrogen-bond acceptors (Lipinski definition) is 6. The maximum atomic E-state index is 11.1. The zero-order valence-electron chi connectivity index (χ0n) is 13.8. The Morgan fingerprint density at radius 1 is 1.04 bits per heavy atom. The second-order valence-electron chi connectivity index (χ2n) is 5.31. The number of hydrogen-bond donors (Lipinski definition) is 0. The Labute approximate surface area is 141 Å². The predicted octanol–water partition coefficient (Wildman–Crippen LogP) is 0.120. The maximum absolute atomic E-state index is 11.1. The predicted molar refractivity (Wildman–Crippen MR) is 84.8 cm³/mol. The van der Waals surface area contributed by atoms with Gasteiger partial charge in [-0.05, 0) is 12.8 Å². The summed E-state index contributed by atoms with van der Waals surface area (Å²) in [5.41, 5.74) is 0. The number of carbonyl (C=O) groups is 4. The topological polar surface area (TPSA) is 93.2 Å². The molecule has 2 amide bonds. The first-order valence-electron chi connectivity index (χ1n) is 7.98. The van der Waals surface area contributed by atoms with E-state index in [-0.39, 0.29) is 18.4 Å². The van der Waals surface area contributed by atoms with Gasteiger partial charge < -0.3 is 19.3 Å². The van der Waals surface area contributed by atoms with Crippen molar-refractivity contribution < 1.29 is 28.7 Å². The van der Waals surface area contributed by atoms with Gasteiger partial charge in [0.15, 0.2) is 0 Å². The summed E-state index contributed by atoms with van der Waals surface area (Å²) < 4.78 is 9.22. The molecule has 2 aliphatic heterocycles. The lowest BCUT2D eigenvalue weighted by Crippen LogP contribution is -2.29. The minimum atomic E-state index is -0.438.